The Hall–Kier alpha value is -8.14. The van der Waals surface area contributed by atoms with Gasteiger partial charge in [0.15, 0.2) is 5.60 Å². The number of nitrogens with zero attached hydrogens (tertiary/aromatic N) is 2. The first-order chi connectivity index (χ1) is 43.2. The van der Waals surface area contributed by atoms with Crippen LogP contribution in [0.25, 0.3) is 28.0 Å². The first-order valence-corrected chi connectivity index (χ1v) is 31.6. The third kappa shape index (κ3) is 11.8. The number of fused-ring (bicyclic) bond motifs is 8. The lowest BCUT2D eigenvalue weighted by Crippen LogP contribution is -2.46. The number of carbonyl (C=O) groups excluding carboxylic acids is 2. The van der Waals surface area contributed by atoms with Gasteiger partial charge in [-0.15, -0.1) is 0 Å². The van der Waals surface area contributed by atoms with Gasteiger partial charge in [-0.3, -0.25) is 9.59 Å². The highest BCUT2D eigenvalue weighted by Gasteiger charge is 2.56. The van der Waals surface area contributed by atoms with E-state index in [1.54, 1.807) is 42.5 Å². The summed E-state index contributed by atoms with van der Waals surface area (Å²) in [5.74, 6) is 2.43. The van der Waals surface area contributed by atoms with Gasteiger partial charge in [-0.05, 0) is 187 Å². The van der Waals surface area contributed by atoms with Gasteiger partial charge in [0.1, 0.15) is 34.5 Å². The summed E-state index contributed by atoms with van der Waals surface area (Å²) in [5, 5.41) is 0.825. The van der Waals surface area contributed by atoms with Gasteiger partial charge in [0.25, 0.3) is 0 Å². The number of anilines is 2. The number of halogens is 6. The van der Waals surface area contributed by atoms with Crippen LogP contribution in [0.3, 0.4) is 0 Å². The quantitative estimate of drug-likeness (QED) is 0.0403. The molecule has 0 unspecified atom stereocenters. The molecule has 0 spiro atoms. The average molecular weight is 1240 g/mol. The molecule has 0 bridgehead atoms. The first kappa shape index (κ1) is 62.1. The molecule has 0 amide bonds. The minimum absolute atomic E-state index is 0.0969. The van der Waals surface area contributed by atoms with Gasteiger partial charge in [0.05, 0.1) is 50.0 Å². The van der Waals surface area contributed by atoms with Crippen molar-refractivity contribution in [3.8, 4) is 45.6 Å². The molecule has 0 atom stereocenters. The van der Waals surface area contributed by atoms with Crippen LogP contribution in [0.4, 0.5) is 37.7 Å². The monoisotopic (exact) mass is 1230 g/mol. The predicted octanol–water partition coefficient (Wildman–Crippen LogP) is 18.0. The fourth-order valence-electron chi connectivity index (χ4n) is 14.8. The summed E-state index contributed by atoms with van der Waals surface area (Å²) in [7, 11) is 4.43. The Morgan fingerprint density at radius 3 is 1.66 bits per heavy atom. The second-order valence-electron chi connectivity index (χ2n) is 25.4. The van der Waals surface area contributed by atoms with Crippen molar-refractivity contribution in [2.24, 2.45) is 17.8 Å². The molecule has 3 aliphatic carbocycles. The van der Waals surface area contributed by atoms with E-state index in [9.17, 15) is 22.8 Å². The van der Waals surface area contributed by atoms with Crippen LogP contribution in [0, 0.1) is 17.8 Å². The Morgan fingerprint density at radius 1 is 0.589 bits per heavy atom. The molecule has 16 heteroatoms. The van der Waals surface area contributed by atoms with Crippen LogP contribution in [0.15, 0.2) is 133 Å². The van der Waals surface area contributed by atoms with Gasteiger partial charge >= 0.3 is 24.3 Å². The maximum Gasteiger partial charge on any atom is 0.417 e. The van der Waals surface area contributed by atoms with Gasteiger partial charge in [0, 0.05) is 59.4 Å². The minimum atomic E-state index is -5.00. The largest absolute Gasteiger partial charge is 0.497 e. The highest BCUT2D eigenvalue weighted by Crippen LogP contribution is 2.62. The second kappa shape index (κ2) is 24.9. The number of rotatable bonds is 16. The van der Waals surface area contributed by atoms with Crippen LogP contribution in [0.2, 0.25) is 0 Å². The van der Waals surface area contributed by atoms with Crippen LogP contribution in [-0.2, 0) is 26.8 Å². The average Bonchev–Trinajstić information content (AvgIpc) is 1.37. The molecule has 0 N–H and O–H groups in total. The van der Waals surface area contributed by atoms with Gasteiger partial charge in [-0.2, -0.15) is 26.3 Å². The van der Waals surface area contributed by atoms with Crippen molar-refractivity contribution in [2.45, 2.75) is 127 Å². The maximum atomic E-state index is 16.3. The zero-order valence-corrected chi connectivity index (χ0v) is 51.8. The molecule has 90 heavy (non-hydrogen) atoms. The van der Waals surface area contributed by atoms with Crippen LogP contribution < -0.4 is 38.2 Å². The van der Waals surface area contributed by atoms with Crippen LogP contribution in [-0.4, -0.2) is 65.6 Å². The molecule has 472 valence electrons. The predicted molar refractivity (Wildman–Crippen MR) is 337 cm³/mol. The second-order valence-corrected chi connectivity index (χ2v) is 25.4. The number of benzene rings is 7. The maximum absolute atomic E-state index is 16.3. The molecule has 7 aromatic carbocycles. The minimum Gasteiger partial charge on any atom is -0.497 e. The summed E-state index contributed by atoms with van der Waals surface area (Å²) in [6, 6.07) is 35.0. The molecule has 7 aromatic rings. The Balaban J connectivity index is 0.768. The number of piperazine rings is 1. The molecular weight excluding hydrogens is 1160 g/mol. The van der Waals surface area contributed by atoms with Crippen molar-refractivity contribution in [3.63, 3.8) is 0 Å². The molecule has 10 nitrogen and oxygen atoms in total. The molecule has 1 saturated heterocycles. The highest BCUT2D eigenvalue weighted by molar-refractivity contribution is 6.10. The summed E-state index contributed by atoms with van der Waals surface area (Å²) in [6.45, 7) is 7.96. The van der Waals surface area contributed by atoms with Crippen molar-refractivity contribution < 1.29 is 64.4 Å². The van der Waals surface area contributed by atoms with E-state index in [0.29, 0.717) is 120 Å². The van der Waals surface area contributed by atoms with E-state index < -0.39 is 34.5 Å². The summed E-state index contributed by atoms with van der Waals surface area (Å²) < 4.78 is 129. The number of esters is 2. The van der Waals surface area contributed by atoms with E-state index in [0.717, 1.165) is 29.8 Å². The van der Waals surface area contributed by atoms with E-state index >= 15 is 13.2 Å². The molecular formula is C74H76F6N2O8. The summed E-state index contributed by atoms with van der Waals surface area (Å²) >= 11 is 0. The summed E-state index contributed by atoms with van der Waals surface area (Å²) in [5.41, 5.74) is -0.534. The molecule has 0 aromatic heterocycles. The van der Waals surface area contributed by atoms with E-state index in [1.807, 2.05) is 44.2 Å². The van der Waals surface area contributed by atoms with Gasteiger partial charge in [-0.1, -0.05) is 88.9 Å². The number of unbranched alkanes of at least 4 members (excludes halogenated alkanes) is 2. The number of methoxy groups -OCH3 is 3. The first-order valence-electron chi connectivity index (χ1n) is 31.6. The Kier molecular flexibility index (Phi) is 17.2. The lowest BCUT2D eigenvalue weighted by molar-refractivity contribution is -0.145. The normalized spacial score (nSPS) is 20.2. The molecule has 12 rings (SSSR count). The van der Waals surface area contributed by atoms with Gasteiger partial charge < -0.3 is 38.2 Å². The number of hydrogen-bond donors (Lipinski definition) is 0. The van der Waals surface area contributed by atoms with Gasteiger partial charge in [0.2, 0.25) is 0 Å². The van der Waals surface area contributed by atoms with E-state index in [2.05, 4.69) is 28.9 Å². The Morgan fingerprint density at radius 2 is 1.13 bits per heavy atom. The van der Waals surface area contributed by atoms with Crippen molar-refractivity contribution in [1.29, 1.82) is 0 Å². The summed E-state index contributed by atoms with van der Waals surface area (Å²) in [4.78, 5) is 31.2. The number of ether oxygens (including phenoxy) is 6. The molecule has 0 radical (unpaired) electrons. The lowest BCUT2D eigenvalue weighted by atomic mass is 9.73. The van der Waals surface area contributed by atoms with Crippen molar-refractivity contribution >= 4 is 40.2 Å². The molecule has 2 heterocycles. The third-order valence-corrected chi connectivity index (χ3v) is 19.8. The molecule has 3 fully saturated rings. The summed E-state index contributed by atoms with van der Waals surface area (Å²) in [6.07, 6.45) is 3.72. The van der Waals surface area contributed by atoms with Crippen LogP contribution >= 0.6 is 0 Å². The SMILES string of the molecule is CCCCC[C@H]1CC[C@H](c2ccc(OC(=O)[C@H]3CC[C@H](C(=O)Oc4ccc(N5CCN(c6cc7c8c(c9c(c7cc6OC)OC(c6ccc(OC)cc6)(c6ccc(OC)cc6)C(C(F)(F)F)=C9)C(C)(C)c6ccc(C(F)(F)F)cc6-8)CC5)cc4)CC3)cc2)CC1. The van der Waals surface area contributed by atoms with Crippen molar-refractivity contribution in [2.75, 3.05) is 57.3 Å². The van der Waals surface area contributed by atoms with Crippen molar-refractivity contribution in [3.05, 3.63) is 172 Å². The Bertz CT molecular complexity index is 3750. The van der Waals surface area contributed by atoms with Crippen molar-refractivity contribution in [1.82, 2.24) is 0 Å². The highest BCUT2D eigenvalue weighted by atomic mass is 19.4. The van der Waals surface area contributed by atoms with E-state index in [-0.39, 0.29) is 51.8 Å². The fourth-order valence-corrected chi connectivity index (χ4v) is 14.8. The zero-order valence-electron chi connectivity index (χ0n) is 51.8. The fraction of sp³-hybridized carbons (Fsp3) is 0.405. The number of alkyl halides is 6. The third-order valence-electron chi connectivity index (χ3n) is 19.8. The molecule has 5 aliphatic rings. The van der Waals surface area contributed by atoms with Crippen LogP contribution in [0.5, 0.6) is 34.5 Å². The smallest absolute Gasteiger partial charge is 0.417 e. The zero-order chi connectivity index (χ0) is 63.3. The molecule has 2 saturated carbocycles. The standard InChI is InChI=1S/C74H76F6N2O8/c1-7-8-9-10-45-11-13-46(14-12-45)47-19-28-56(29-20-47)88-69(83)48-15-17-49(18-16-48)70(84)89-57-34-26-53(27-35-57)81-37-39-82(40-38-81)63-42-58-59(43-64(63)87-6)68-61(67-66(58)60-41-52(73(75,76)77)25-36-62(60)71(67,2)3)44-65(74(78,79)80)72(90-68,50-21-30-54(85-4)31-22-50)51-23-32-55(86-5)33-24-51/h19-36,41-46,48-49H,7-18,37-40H2,1-6H3/t45-,46-,48-,49-. The van der Waals surface area contributed by atoms with Gasteiger partial charge in [-0.25, -0.2) is 0 Å². The van der Waals surface area contributed by atoms with Crippen LogP contribution in [0.1, 0.15) is 143 Å². The van der Waals surface area contributed by atoms with E-state index in [1.165, 1.54) is 109 Å². The number of hydrogen-bond acceptors (Lipinski definition) is 10. The number of carbonyl (C=O) groups is 2. The Labute approximate surface area is 522 Å². The topological polar surface area (TPSA) is 96.0 Å². The lowest BCUT2D eigenvalue weighted by Gasteiger charge is -2.43. The van der Waals surface area contributed by atoms with E-state index in [4.69, 9.17) is 28.4 Å². The molecule has 2 aliphatic heterocycles.